The summed E-state index contributed by atoms with van der Waals surface area (Å²) in [4.78, 5) is 0. The van der Waals surface area contributed by atoms with E-state index in [-0.39, 0.29) is 0 Å². The zero-order chi connectivity index (χ0) is 18.5. The van der Waals surface area contributed by atoms with Crippen LogP contribution in [0.5, 0.6) is 0 Å². The first-order chi connectivity index (χ1) is 13.1. The molecule has 0 saturated heterocycles. The number of H-pyrrole nitrogens is 1. The van der Waals surface area contributed by atoms with Crippen LogP contribution in [0.3, 0.4) is 0 Å². The van der Waals surface area contributed by atoms with E-state index in [0.29, 0.717) is 15.6 Å². The number of aromatic amines is 1. The van der Waals surface area contributed by atoms with E-state index in [1.54, 1.807) is 0 Å². The molecule has 5 nitrogen and oxygen atoms in total. The molecule has 0 radical (unpaired) electrons. The second-order valence-electron chi connectivity index (χ2n) is 6.03. The van der Waals surface area contributed by atoms with Gasteiger partial charge in [0.15, 0.2) is 0 Å². The highest BCUT2D eigenvalue weighted by atomic mass is 127. The highest BCUT2D eigenvalue weighted by Crippen LogP contribution is 2.32. The molecule has 132 valence electrons. The Kier molecular flexibility index (Phi) is 4.03. The molecule has 27 heavy (non-hydrogen) atoms. The van der Waals surface area contributed by atoms with Crippen LogP contribution in [0.15, 0.2) is 60.7 Å². The molecule has 0 saturated carbocycles. The molecule has 0 amide bonds. The molecule has 0 atom stereocenters. The molecule has 0 aliphatic carbocycles. The fourth-order valence-corrected chi connectivity index (χ4v) is 4.44. The number of aromatic nitrogens is 5. The van der Waals surface area contributed by atoms with Crippen molar-refractivity contribution in [3.63, 3.8) is 0 Å². The Labute approximate surface area is 177 Å². The first kappa shape index (κ1) is 16.9. The van der Waals surface area contributed by atoms with Crippen molar-refractivity contribution in [3.05, 3.63) is 74.0 Å². The maximum atomic E-state index is 6.07. The lowest BCUT2D eigenvalue weighted by Gasteiger charge is -2.10. The van der Waals surface area contributed by atoms with E-state index in [9.17, 15) is 0 Å². The maximum Gasteiger partial charge on any atom is 0.255 e. The van der Waals surface area contributed by atoms with Crippen molar-refractivity contribution in [2.45, 2.75) is 0 Å². The molecular formula is C19H11ClIN5S. The summed E-state index contributed by atoms with van der Waals surface area (Å²) < 4.78 is 5.30. The molecular weight excluding hydrogens is 493 g/mol. The Morgan fingerprint density at radius 2 is 1.74 bits per heavy atom. The van der Waals surface area contributed by atoms with Gasteiger partial charge >= 0.3 is 0 Å². The van der Waals surface area contributed by atoms with Crippen molar-refractivity contribution in [1.82, 2.24) is 24.2 Å². The van der Waals surface area contributed by atoms with Crippen LogP contribution in [0, 0.1) is 8.34 Å². The van der Waals surface area contributed by atoms with Gasteiger partial charge in [-0.2, -0.15) is 9.61 Å². The Morgan fingerprint density at radius 3 is 2.48 bits per heavy atom. The van der Waals surface area contributed by atoms with Gasteiger partial charge in [0.25, 0.3) is 5.78 Å². The predicted molar refractivity (Wildman–Crippen MR) is 118 cm³/mol. The van der Waals surface area contributed by atoms with Crippen LogP contribution in [0.2, 0.25) is 5.02 Å². The van der Waals surface area contributed by atoms with Gasteiger partial charge in [0, 0.05) is 10.6 Å². The van der Waals surface area contributed by atoms with Crippen molar-refractivity contribution < 1.29 is 0 Å². The average Bonchev–Trinajstić information content (AvgIpc) is 3.29. The minimum atomic E-state index is 0.520. The molecule has 0 bridgehead atoms. The highest BCUT2D eigenvalue weighted by Gasteiger charge is 2.19. The van der Waals surface area contributed by atoms with Gasteiger partial charge < -0.3 is 0 Å². The SMILES string of the molecule is S=c1[nH]nc2n1c(-c1ccc(Cl)cc1)c(I)c1cc(-c3ccccc3)nn12. The second kappa shape index (κ2) is 6.43. The van der Waals surface area contributed by atoms with Gasteiger partial charge in [0.05, 0.1) is 20.5 Å². The lowest BCUT2D eigenvalue weighted by atomic mass is 10.1. The zero-order valence-corrected chi connectivity index (χ0v) is 17.5. The monoisotopic (exact) mass is 503 g/mol. The highest BCUT2D eigenvalue weighted by molar-refractivity contribution is 14.1. The molecule has 5 rings (SSSR count). The van der Waals surface area contributed by atoms with Crippen LogP contribution in [0.25, 0.3) is 33.8 Å². The fourth-order valence-electron chi connectivity index (χ4n) is 3.16. The maximum absolute atomic E-state index is 6.07. The van der Waals surface area contributed by atoms with Crippen LogP contribution < -0.4 is 0 Å². The predicted octanol–water partition coefficient (Wildman–Crippen LogP) is 5.63. The van der Waals surface area contributed by atoms with E-state index in [0.717, 1.165) is 31.6 Å². The molecule has 3 aromatic heterocycles. The average molecular weight is 504 g/mol. The molecule has 1 N–H and O–H groups in total. The molecule has 0 unspecified atom stereocenters. The van der Waals surface area contributed by atoms with Crippen LogP contribution >= 0.6 is 46.4 Å². The van der Waals surface area contributed by atoms with Crippen LogP contribution in [0.1, 0.15) is 0 Å². The summed E-state index contributed by atoms with van der Waals surface area (Å²) in [6.07, 6.45) is 0. The van der Waals surface area contributed by atoms with Gasteiger partial charge in [0.1, 0.15) is 0 Å². The van der Waals surface area contributed by atoms with E-state index in [4.69, 9.17) is 28.9 Å². The van der Waals surface area contributed by atoms with E-state index < -0.39 is 0 Å². The van der Waals surface area contributed by atoms with Gasteiger partial charge in [0.2, 0.25) is 4.77 Å². The number of nitrogens with one attached hydrogen (secondary N) is 1. The van der Waals surface area contributed by atoms with E-state index >= 15 is 0 Å². The van der Waals surface area contributed by atoms with Gasteiger partial charge in [-0.3, -0.25) is 4.40 Å². The minimum Gasteiger partial charge on any atom is -0.251 e. The number of benzene rings is 2. The normalized spacial score (nSPS) is 11.5. The molecule has 2 aromatic carbocycles. The number of hydrogen-bond donors (Lipinski definition) is 1. The number of fused-ring (bicyclic) bond motifs is 3. The molecule has 0 fully saturated rings. The van der Waals surface area contributed by atoms with Gasteiger partial charge in [-0.25, -0.2) is 5.10 Å². The topological polar surface area (TPSA) is 50.4 Å². The Hall–Kier alpha value is -2.23. The third kappa shape index (κ3) is 2.69. The number of rotatable bonds is 2. The Morgan fingerprint density at radius 1 is 1.00 bits per heavy atom. The molecule has 5 aromatic rings. The Bertz CT molecular complexity index is 1350. The molecule has 3 heterocycles. The minimum absolute atomic E-state index is 0.520. The first-order valence-electron chi connectivity index (χ1n) is 8.13. The number of nitrogens with zero attached hydrogens (tertiary/aromatic N) is 4. The molecule has 0 spiro atoms. The lowest BCUT2D eigenvalue weighted by molar-refractivity contribution is 0.929. The standard InChI is InChI=1S/C19H11ClIN5S/c20-13-8-6-12(7-9-13)17-16(21)15-10-14(11-4-2-1-3-5-11)24-26(15)18-22-23-19(27)25(17)18/h1-10H,(H,23,27). The zero-order valence-electron chi connectivity index (χ0n) is 13.7. The van der Waals surface area contributed by atoms with E-state index in [2.05, 4.69) is 38.9 Å². The summed E-state index contributed by atoms with van der Waals surface area (Å²) in [5.41, 5.74) is 4.89. The quantitative estimate of drug-likeness (QED) is 0.251. The third-order valence-corrected chi connectivity index (χ3v) is 5.99. The van der Waals surface area contributed by atoms with E-state index in [1.165, 1.54) is 0 Å². The van der Waals surface area contributed by atoms with Crippen molar-refractivity contribution >= 4 is 57.7 Å². The fraction of sp³-hybridized carbons (Fsp3) is 0. The molecule has 0 aliphatic heterocycles. The summed E-state index contributed by atoms with van der Waals surface area (Å²) in [5, 5.41) is 12.8. The summed E-state index contributed by atoms with van der Waals surface area (Å²) in [5.74, 6) is 0.641. The Balaban J connectivity index is 1.89. The summed E-state index contributed by atoms with van der Waals surface area (Å²) in [6.45, 7) is 0. The second-order valence-corrected chi connectivity index (χ2v) is 7.93. The lowest BCUT2D eigenvalue weighted by Crippen LogP contribution is -2.03. The number of halogens is 2. The summed E-state index contributed by atoms with van der Waals surface area (Å²) >= 11 is 13.9. The smallest absolute Gasteiger partial charge is 0.251 e. The molecule has 8 heteroatoms. The van der Waals surface area contributed by atoms with Crippen LogP contribution in [0.4, 0.5) is 0 Å². The van der Waals surface area contributed by atoms with E-state index in [1.807, 2.05) is 63.5 Å². The summed E-state index contributed by atoms with van der Waals surface area (Å²) in [6, 6.07) is 19.9. The van der Waals surface area contributed by atoms with Gasteiger partial charge in [-0.05, 0) is 58.6 Å². The van der Waals surface area contributed by atoms with Gasteiger partial charge in [-0.15, -0.1) is 5.10 Å². The largest absolute Gasteiger partial charge is 0.255 e. The van der Waals surface area contributed by atoms with Crippen LogP contribution in [-0.2, 0) is 0 Å². The van der Waals surface area contributed by atoms with Gasteiger partial charge in [-0.1, -0.05) is 54.1 Å². The first-order valence-corrected chi connectivity index (χ1v) is 10.00. The van der Waals surface area contributed by atoms with Crippen molar-refractivity contribution in [1.29, 1.82) is 0 Å². The van der Waals surface area contributed by atoms with Crippen molar-refractivity contribution in [3.8, 4) is 22.5 Å². The summed E-state index contributed by atoms with van der Waals surface area (Å²) in [7, 11) is 0. The van der Waals surface area contributed by atoms with Crippen LogP contribution in [-0.4, -0.2) is 24.2 Å². The third-order valence-electron chi connectivity index (χ3n) is 4.40. The van der Waals surface area contributed by atoms with Crippen molar-refractivity contribution in [2.75, 3.05) is 0 Å². The number of hydrogen-bond acceptors (Lipinski definition) is 3. The van der Waals surface area contributed by atoms with Crippen molar-refractivity contribution in [2.24, 2.45) is 0 Å². The molecule has 0 aliphatic rings.